The summed E-state index contributed by atoms with van der Waals surface area (Å²) in [6.45, 7) is 35.0. The van der Waals surface area contributed by atoms with Crippen LogP contribution in [0.2, 0.25) is 18.1 Å². The average molecular weight is 1530 g/mol. The minimum atomic E-state index is -5.75. The summed E-state index contributed by atoms with van der Waals surface area (Å²) in [7, 11) is -14.1. The van der Waals surface area contributed by atoms with E-state index in [4.69, 9.17) is 74.6 Å². The van der Waals surface area contributed by atoms with Crippen molar-refractivity contribution < 1.29 is 141 Å². The van der Waals surface area contributed by atoms with Gasteiger partial charge in [0.05, 0.1) is 26.4 Å². The van der Waals surface area contributed by atoms with Gasteiger partial charge in [-0.05, 0) is 63.0 Å². The largest absolute Gasteiger partial charge is 0.474 e. The molecule has 1 aromatic carbocycles. The van der Waals surface area contributed by atoms with Gasteiger partial charge in [0.2, 0.25) is 17.7 Å². The fourth-order valence-corrected chi connectivity index (χ4v) is 12.9. The summed E-state index contributed by atoms with van der Waals surface area (Å²) in [6, 6.07) is 3.56. The van der Waals surface area contributed by atoms with Crippen LogP contribution in [-0.2, 0) is 134 Å². The van der Waals surface area contributed by atoms with Gasteiger partial charge in [-0.2, -0.15) is 0 Å². The highest BCUT2D eigenvalue weighted by atomic mass is 31.2. The first-order valence-corrected chi connectivity index (χ1v) is 39.6. The number of hydrogen-bond donors (Lipinski definition) is 6. The highest BCUT2D eigenvalue weighted by molar-refractivity contribution is 7.47. The maximum atomic E-state index is 14.2. The molecule has 0 aromatic heterocycles. The Bertz CT molecular complexity index is 2960. The van der Waals surface area contributed by atoms with E-state index in [0.29, 0.717) is 5.56 Å². The molecular formula is C64H110N6O30P2Si. The van der Waals surface area contributed by atoms with E-state index in [9.17, 15) is 66.9 Å². The van der Waals surface area contributed by atoms with Gasteiger partial charge in [-0.3, -0.25) is 61.2 Å². The number of hydrogen-bond acceptors (Lipinski definition) is 30. The van der Waals surface area contributed by atoms with Crippen LogP contribution in [0.5, 0.6) is 0 Å². The molecule has 4 amide bonds. The van der Waals surface area contributed by atoms with E-state index in [0.717, 1.165) is 62.3 Å². The molecule has 3 aliphatic rings. The number of phosphoric ester groups is 2. The Morgan fingerprint density at radius 3 is 1.10 bits per heavy atom. The molecule has 0 aliphatic carbocycles. The van der Waals surface area contributed by atoms with Crippen LogP contribution in [0, 0.1) is 0 Å². The predicted octanol–water partition coefficient (Wildman–Crippen LogP) is 4.19. The van der Waals surface area contributed by atoms with E-state index < -0.39 is 194 Å². The zero-order valence-corrected chi connectivity index (χ0v) is 65.4. The summed E-state index contributed by atoms with van der Waals surface area (Å²) in [6.07, 6.45) is -22.9. The second-order valence-electron chi connectivity index (χ2n) is 25.2. The van der Waals surface area contributed by atoms with Gasteiger partial charge in [0.15, 0.2) is 63.8 Å². The number of nitrogens with zero attached hydrogens (tertiary/aromatic N) is 2. The maximum absolute atomic E-state index is 14.2. The van der Waals surface area contributed by atoms with Crippen LogP contribution in [-0.4, -0.2) is 252 Å². The van der Waals surface area contributed by atoms with Crippen molar-refractivity contribution in [3.63, 3.8) is 0 Å². The van der Waals surface area contributed by atoms with Crippen LogP contribution < -0.4 is 21.3 Å². The minimum Gasteiger partial charge on any atom is -0.456 e. The minimum absolute atomic E-state index is 0.0767. The van der Waals surface area contributed by atoms with E-state index in [-0.39, 0.29) is 26.4 Å². The third-order valence-electron chi connectivity index (χ3n) is 16.1. The second-order valence-corrected chi connectivity index (χ2v) is 32.8. The molecule has 103 heavy (non-hydrogen) atoms. The van der Waals surface area contributed by atoms with Crippen LogP contribution in [0.4, 0.5) is 4.79 Å². The van der Waals surface area contributed by atoms with E-state index in [1.165, 1.54) is 39.3 Å². The molecular weight excluding hydrogens is 1420 g/mol. The molecule has 0 saturated carbocycles. The number of carbonyl (C=O) groups is 10. The third kappa shape index (κ3) is 33.5. The molecule has 3 aliphatic heterocycles. The number of amides is 4. The fraction of sp³-hybridized carbons (Fsp3) is 0.750. The molecule has 0 spiro atoms. The van der Waals surface area contributed by atoms with Crippen LogP contribution in [0.1, 0.15) is 130 Å². The quantitative estimate of drug-likeness (QED) is 0.0185. The Morgan fingerprint density at radius 2 is 0.796 bits per heavy atom. The molecule has 3 heterocycles. The van der Waals surface area contributed by atoms with Gasteiger partial charge >= 0.3 is 57.6 Å². The van der Waals surface area contributed by atoms with Gasteiger partial charge < -0.3 is 97.4 Å². The summed E-state index contributed by atoms with van der Waals surface area (Å²) in [4.78, 5) is 154. The molecule has 1 aromatic rings. The Balaban J connectivity index is 0.00000232. The fourth-order valence-electron chi connectivity index (χ4n) is 10.2. The highest BCUT2D eigenvalue weighted by Crippen LogP contribution is 2.50. The Labute approximate surface area is 603 Å². The molecule has 3 saturated heterocycles. The molecule has 590 valence electrons. The van der Waals surface area contributed by atoms with Crippen LogP contribution in [0.25, 0.3) is 0 Å². The molecule has 39 heteroatoms. The number of nitrogens with one attached hydrogen (secondary N) is 4. The number of benzene rings is 1. The summed E-state index contributed by atoms with van der Waals surface area (Å²) >= 11 is 0. The van der Waals surface area contributed by atoms with Crippen molar-refractivity contribution in [1.29, 1.82) is 0 Å². The summed E-state index contributed by atoms with van der Waals surface area (Å²) < 4.78 is 119. The lowest BCUT2D eigenvalue weighted by Gasteiger charge is -2.46. The number of esters is 6. The molecule has 0 radical (unpaired) electrons. The summed E-state index contributed by atoms with van der Waals surface area (Å²) in [5, 5.41) is 9.29. The summed E-state index contributed by atoms with van der Waals surface area (Å²) in [5.74, 6) is -8.57. The highest BCUT2D eigenvalue weighted by Gasteiger charge is 2.57. The van der Waals surface area contributed by atoms with Crippen LogP contribution in [0.3, 0.4) is 0 Å². The average Bonchev–Trinajstić information content (AvgIpc) is 0.786. The van der Waals surface area contributed by atoms with Gasteiger partial charge in [0, 0.05) is 68.9 Å². The molecule has 6 N–H and O–H groups in total. The SMILES string of the molecule is CC(=O)N[C@@H]1[C@@H](OP(=O)(O)OC[C@H]2O[C@H](OP(=O)(O)OC[C@H]3O[C@H](OCCNC(=O)OCc4ccccc4)[C@@H](NC(C)=O)[C@@H](OC(C)=O)[C@@H]3OC(C)=O)[C@@H](NC(C)=O)[C@@H](OC(C)=O)[C@@H]2OC(C)=O)O[C@H](CO[Si](C)(C)C(C)(C)C)[C@@H](OC(C)=O)[C@@H]1OC(C)=O.CCN(CC)CC.CCN(CC)CC. The standard InChI is InChI=1S/C52H80N4O30P2Si.2C6H15N/c1-26(57)54-39-45(79-32(7)63)42(76-29(4)60)36(82-48(39)71-21-20-53-51(66)72-22-35-18-16-15-17-19-35)23-73-87(67,68)85-49-40(55-27(2)58)46(80-33(8)64)43(77-30(5)61)37(83-49)24-74-88(69,70)86-50-41(56-28(3)59)47(81-34(9)65)44(78-31(6)62)38(84-50)25-75-89(13,14)52(10,11)12;2*1-4-7(5-2)6-3/h15-19,36-50H,20-25H2,1-14H3,(H,53,66)(H,54,57)(H,55,58)(H,56,59)(H,67,68)(H,69,70);2*4-6H2,1-3H3/t36-,37-,38-,39+,40+,41+,42-,43-,44-,45-,46-,47-,48+,49-,50-;;/m1../s1. The first-order valence-electron chi connectivity index (χ1n) is 33.7. The lowest BCUT2D eigenvalue weighted by Crippen LogP contribution is -2.67. The van der Waals surface area contributed by atoms with E-state index in [1.54, 1.807) is 30.3 Å². The monoisotopic (exact) mass is 1530 g/mol. The van der Waals surface area contributed by atoms with Crippen molar-refractivity contribution >= 4 is 83.6 Å². The molecule has 4 rings (SSSR count). The molecule has 17 atom stereocenters. The van der Waals surface area contributed by atoms with Crippen molar-refractivity contribution in [3.05, 3.63) is 35.9 Å². The lowest BCUT2D eigenvalue weighted by atomic mass is 9.96. The number of carbonyl (C=O) groups excluding carboxylic acids is 10. The lowest BCUT2D eigenvalue weighted by molar-refractivity contribution is -0.277. The number of rotatable bonds is 34. The number of ether oxygens (including phenoxy) is 11. The topological polar surface area (TPSA) is 448 Å². The third-order valence-corrected chi connectivity index (χ3v) is 22.5. The van der Waals surface area contributed by atoms with Gasteiger partial charge in [-0.25, -0.2) is 13.9 Å². The van der Waals surface area contributed by atoms with Crippen molar-refractivity contribution in [2.24, 2.45) is 0 Å². The first-order chi connectivity index (χ1) is 48.0. The maximum Gasteiger partial charge on any atom is 0.474 e. The second kappa shape index (κ2) is 44.7. The molecule has 3 fully saturated rings. The van der Waals surface area contributed by atoms with Gasteiger partial charge in [-0.15, -0.1) is 0 Å². The van der Waals surface area contributed by atoms with Crippen molar-refractivity contribution in [2.45, 2.75) is 241 Å². The Kier molecular flexibility index (Phi) is 40.4. The van der Waals surface area contributed by atoms with E-state index in [1.807, 2.05) is 33.9 Å². The Morgan fingerprint density at radius 1 is 0.485 bits per heavy atom. The number of alkyl carbamates (subject to hydrolysis) is 1. The van der Waals surface area contributed by atoms with Gasteiger partial charge in [0.25, 0.3) is 0 Å². The normalized spacial score (nSPS) is 25.9. The van der Waals surface area contributed by atoms with Crippen molar-refractivity contribution in [1.82, 2.24) is 31.1 Å². The smallest absolute Gasteiger partial charge is 0.456 e. The van der Waals surface area contributed by atoms with Crippen LogP contribution in [0.15, 0.2) is 30.3 Å². The molecule has 0 bridgehead atoms. The zero-order chi connectivity index (χ0) is 78.3. The van der Waals surface area contributed by atoms with Crippen molar-refractivity contribution in [2.75, 3.05) is 72.2 Å². The van der Waals surface area contributed by atoms with Crippen molar-refractivity contribution in [3.8, 4) is 0 Å². The number of phosphoric acid groups is 2. The van der Waals surface area contributed by atoms with E-state index >= 15 is 0 Å². The van der Waals surface area contributed by atoms with Gasteiger partial charge in [0.1, 0.15) is 43.0 Å². The Hall–Kier alpha value is -6.12. The van der Waals surface area contributed by atoms with E-state index in [2.05, 4.69) is 72.6 Å². The predicted molar refractivity (Wildman–Crippen MR) is 367 cm³/mol. The zero-order valence-electron chi connectivity index (χ0n) is 62.6. The first kappa shape index (κ1) is 93.0. The molecule has 36 nitrogen and oxygen atoms in total. The summed E-state index contributed by atoms with van der Waals surface area (Å²) in [5.41, 5.74) is 0.689. The molecule has 2 unspecified atom stereocenters. The van der Waals surface area contributed by atoms with Gasteiger partial charge in [-0.1, -0.05) is 92.6 Å². The van der Waals surface area contributed by atoms with Crippen LogP contribution >= 0.6 is 15.6 Å².